The summed E-state index contributed by atoms with van der Waals surface area (Å²) >= 11 is 0. The van der Waals surface area contributed by atoms with E-state index in [-0.39, 0.29) is 18.3 Å². The van der Waals surface area contributed by atoms with Crippen LogP contribution in [0.5, 0.6) is 5.75 Å². The van der Waals surface area contributed by atoms with Crippen molar-refractivity contribution in [1.82, 2.24) is 10.2 Å². The number of piperidine rings is 1. The SMILES string of the molecule is COc1ccc(CC(=O)N2CCC3NCCC3C2)cc1.Cl. The summed E-state index contributed by atoms with van der Waals surface area (Å²) in [6.45, 7) is 2.92. The molecule has 0 aromatic heterocycles. The number of rotatable bonds is 3. The second-order valence-electron chi connectivity index (χ2n) is 5.76. The van der Waals surface area contributed by atoms with Crippen LogP contribution in [0.1, 0.15) is 18.4 Å². The maximum Gasteiger partial charge on any atom is 0.227 e. The van der Waals surface area contributed by atoms with Gasteiger partial charge in [0.25, 0.3) is 0 Å². The average molecular weight is 311 g/mol. The second kappa shape index (κ2) is 7.14. The third kappa shape index (κ3) is 3.69. The highest BCUT2D eigenvalue weighted by atomic mass is 35.5. The Bertz CT molecular complexity index is 478. The minimum atomic E-state index is 0. The van der Waals surface area contributed by atoms with Crippen molar-refractivity contribution in [2.24, 2.45) is 5.92 Å². The number of hydrogen-bond acceptors (Lipinski definition) is 3. The van der Waals surface area contributed by atoms with Gasteiger partial charge in [-0.2, -0.15) is 0 Å². The van der Waals surface area contributed by atoms with Gasteiger partial charge in [0.05, 0.1) is 13.5 Å². The van der Waals surface area contributed by atoms with E-state index in [0.717, 1.165) is 37.4 Å². The predicted octanol–water partition coefficient (Wildman–Crippen LogP) is 1.87. The molecular weight excluding hydrogens is 288 g/mol. The minimum Gasteiger partial charge on any atom is -0.497 e. The summed E-state index contributed by atoms with van der Waals surface area (Å²) in [5.41, 5.74) is 1.06. The number of likely N-dealkylation sites (tertiary alicyclic amines) is 1. The molecule has 0 bridgehead atoms. The van der Waals surface area contributed by atoms with Gasteiger partial charge in [0.1, 0.15) is 5.75 Å². The van der Waals surface area contributed by atoms with Crippen LogP contribution in [0.4, 0.5) is 0 Å². The lowest BCUT2D eigenvalue weighted by Gasteiger charge is -2.35. The van der Waals surface area contributed by atoms with Gasteiger partial charge in [-0.3, -0.25) is 4.79 Å². The smallest absolute Gasteiger partial charge is 0.227 e. The molecule has 0 saturated carbocycles. The van der Waals surface area contributed by atoms with Crippen LogP contribution in [-0.4, -0.2) is 43.6 Å². The van der Waals surface area contributed by atoms with Crippen molar-refractivity contribution in [2.75, 3.05) is 26.7 Å². The van der Waals surface area contributed by atoms with Crippen LogP contribution in [0.2, 0.25) is 0 Å². The highest BCUT2D eigenvalue weighted by Gasteiger charge is 2.34. The zero-order valence-corrected chi connectivity index (χ0v) is 13.2. The summed E-state index contributed by atoms with van der Waals surface area (Å²) in [5.74, 6) is 1.74. The molecular formula is C16H23ClN2O2. The number of hydrogen-bond donors (Lipinski definition) is 1. The molecule has 2 heterocycles. The van der Waals surface area contributed by atoms with Gasteiger partial charge in [-0.05, 0) is 43.0 Å². The number of amides is 1. The Hall–Kier alpha value is -1.26. The Morgan fingerprint density at radius 3 is 2.81 bits per heavy atom. The van der Waals surface area contributed by atoms with Gasteiger partial charge in [0, 0.05) is 19.1 Å². The van der Waals surface area contributed by atoms with Crippen LogP contribution in [0.25, 0.3) is 0 Å². The number of carbonyl (C=O) groups excluding carboxylic acids is 1. The van der Waals surface area contributed by atoms with Crippen molar-refractivity contribution < 1.29 is 9.53 Å². The molecule has 1 amide bonds. The maximum atomic E-state index is 12.4. The molecule has 1 aromatic rings. The highest BCUT2D eigenvalue weighted by Crippen LogP contribution is 2.25. The lowest BCUT2D eigenvalue weighted by Crippen LogP contribution is -2.47. The number of ether oxygens (including phenoxy) is 1. The molecule has 4 nitrogen and oxygen atoms in total. The third-order valence-electron chi connectivity index (χ3n) is 4.52. The molecule has 2 fully saturated rings. The Balaban J connectivity index is 0.00000161. The molecule has 0 spiro atoms. The fourth-order valence-corrected chi connectivity index (χ4v) is 3.30. The standard InChI is InChI=1S/C16H22N2O2.ClH/c1-20-14-4-2-12(3-5-14)10-16(19)18-9-7-15-13(11-18)6-8-17-15;/h2-5,13,15,17H,6-11H2,1H3;1H. The molecule has 1 N–H and O–H groups in total. The monoisotopic (exact) mass is 310 g/mol. The summed E-state index contributed by atoms with van der Waals surface area (Å²) in [4.78, 5) is 14.4. The number of nitrogens with one attached hydrogen (secondary N) is 1. The average Bonchev–Trinajstić information content (AvgIpc) is 2.95. The second-order valence-corrected chi connectivity index (χ2v) is 5.76. The van der Waals surface area contributed by atoms with E-state index in [9.17, 15) is 4.79 Å². The van der Waals surface area contributed by atoms with E-state index < -0.39 is 0 Å². The number of nitrogens with zero attached hydrogens (tertiary/aromatic N) is 1. The van der Waals surface area contributed by atoms with E-state index in [1.54, 1.807) is 7.11 Å². The Kier molecular flexibility index (Phi) is 5.48. The van der Waals surface area contributed by atoms with Crippen molar-refractivity contribution in [2.45, 2.75) is 25.3 Å². The van der Waals surface area contributed by atoms with E-state index in [1.807, 2.05) is 29.2 Å². The Labute approximate surface area is 132 Å². The molecule has 21 heavy (non-hydrogen) atoms. The summed E-state index contributed by atoms with van der Waals surface area (Å²) < 4.78 is 5.14. The predicted molar refractivity (Wildman–Crippen MR) is 85.0 cm³/mol. The highest BCUT2D eigenvalue weighted by molar-refractivity contribution is 5.85. The number of benzene rings is 1. The largest absolute Gasteiger partial charge is 0.497 e. The van der Waals surface area contributed by atoms with Gasteiger partial charge in [-0.1, -0.05) is 12.1 Å². The van der Waals surface area contributed by atoms with E-state index in [2.05, 4.69) is 5.32 Å². The number of carbonyl (C=O) groups is 1. The minimum absolute atomic E-state index is 0. The first kappa shape index (κ1) is 16.1. The molecule has 2 saturated heterocycles. The van der Waals surface area contributed by atoms with Crippen molar-refractivity contribution in [3.8, 4) is 5.75 Å². The summed E-state index contributed by atoms with van der Waals surface area (Å²) in [6, 6.07) is 8.41. The van der Waals surface area contributed by atoms with Crippen molar-refractivity contribution in [1.29, 1.82) is 0 Å². The van der Waals surface area contributed by atoms with E-state index >= 15 is 0 Å². The molecule has 0 aliphatic carbocycles. The number of fused-ring (bicyclic) bond motifs is 1. The zero-order valence-electron chi connectivity index (χ0n) is 12.4. The van der Waals surface area contributed by atoms with Gasteiger partial charge in [-0.25, -0.2) is 0 Å². The Morgan fingerprint density at radius 1 is 1.33 bits per heavy atom. The quantitative estimate of drug-likeness (QED) is 0.927. The third-order valence-corrected chi connectivity index (χ3v) is 4.52. The van der Waals surface area contributed by atoms with Gasteiger partial charge in [0.2, 0.25) is 5.91 Å². The lowest BCUT2D eigenvalue weighted by molar-refractivity contribution is -0.132. The fraction of sp³-hybridized carbons (Fsp3) is 0.562. The van der Waals surface area contributed by atoms with Crippen LogP contribution in [-0.2, 0) is 11.2 Å². The summed E-state index contributed by atoms with van der Waals surface area (Å²) in [6.07, 6.45) is 2.80. The van der Waals surface area contributed by atoms with Crippen molar-refractivity contribution in [3.63, 3.8) is 0 Å². The fourth-order valence-electron chi connectivity index (χ4n) is 3.30. The first-order valence-corrected chi connectivity index (χ1v) is 7.40. The van der Waals surface area contributed by atoms with E-state index in [4.69, 9.17) is 4.74 Å². The van der Waals surface area contributed by atoms with Gasteiger partial charge >= 0.3 is 0 Å². The molecule has 116 valence electrons. The van der Waals surface area contributed by atoms with Gasteiger partial charge in [-0.15, -0.1) is 12.4 Å². The molecule has 1 aromatic carbocycles. The molecule has 2 aliphatic heterocycles. The van der Waals surface area contributed by atoms with Crippen molar-refractivity contribution in [3.05, 3.63) is 29.8 Å². The van der Waals surface area contributed by atoms with Crippen LogP contribution in [0, 0.1) is 5.92 Å². The molecule has 3 rings (SSSR count). The van der Waals surface area contributed by atoms with Crippen LogP contribution < -0.4 is 10.1 Å². The first-order chi connectivity index (χ1) is 9.76. The lowest BCUT2D eigenvalue weighted by atomic mass is 9.93. The van der Waals surface area contributed by atoms with E-state index in [1.165, 1.54) is 6.42 Å². The van der Waals surface area contributed by atoms with Gasteiger partial charge < -0.3 is 15.0 Å². The molecule has 5 heteroatoms. The zero-order chi connectivity index (χ0) is 13.9. The number of halogens is 1. The summed E-state index contributed by atoms with van der Waals surface area (Å²) in [7, 11) is 1.65. The molecule has 0 radical (unpaired) electrons. The van der Waals surface area contributed by atoms with Gasteiger partial charge in [0.15, 0.2) is 0 Å². The van der Waals surface area contributed by atoms with Crippen LogP contribution >= 0.6 is 12.4 Å². The summed E-state index contributed by atoms with van der Waals surface area (Å²) in [5, 5.41) is 3.53. The maximum absolute atomic E-state index is 12.4. The topological polar surface area (TPSA) is 41.6 Å². The number of methoxy groups -OCH3 is 1. The van der Waals surface area contributed by atoms with E-state index in [0.29, 0.717) is 18.4 Å². The first-order valence-electron chi connectivity index (χ1n) is 7.40. The van der Waals surface area contributed by atoms with Crippen LogP contribution in [0.3, 0.4) is 0 Å². The molecule has 2 atom stereocenters. The Morgan fingerprint density at radius 2 is 2.10 bits per heavy atom. The van der Waals surface area contributed by atoms with Crippen LogP contribution in [0.15, 0.2) is 24.3 Å². The molecule has 2 unspecified atom stereocenters. The molecule has 2 aliphatic rings. The normalized spacial score (nSPS) is 24.1. The van der Waals surface area contributed by atoms with Crippen molar-refractivity contribution >= 4 is 18.3 Å².